The molecular weight excluding hydrogens is 621 g/mol. The molecule has 4 saturated heterocycles. The van der Waals surface area contributed by atoms with Gasteiger partial charge in [-0.1, -0.05) is 0 Å². The number of hydrogen-bond donors (Lipinski definition) is 2. The molecule has 7 rings (SSSR count). The molecule has 0 spiro atoms. The predicted molar refractivity (Wildman–Crippen MR) is 171 cm³/mol. The van der Waals surface area contributed by atoms with Crippen LogP contribution in [0.15, 0.2) is 48.8 Å². The number of hydrogen-bond acceptors (Lipinski definition) is 12. The highest BCUT2D eigenvalue weighted by molar-refractivity contribution is 5.88. The van der Waals surface area contributed by atoms with E-state index in [9.17, 15) is 14.9 Å². The Morgan fingerprint density at radius 1 is 1.10 bits per heavy atom. The topological polar surface area (TPSA) is 158 Å². The summed E-state index contributed by atoms with van der Waals surface area (Å²) in [4.78, 5) is 43.7. The highest BCUT2D eigenvalue weighted by atomic mass is 19.1. The van der Waals surface area contributed by atoms with Gasteiger partial charge >= 0.3 is 6.09 Å². The minimum absolute atomic E-state index is 0.195. The van der Waals surface area contributed by atoms with Gasteiger partial charge in [0.15, 0.2) is 12.0 Å². The van der Waals surface area contributed by atoms with Crippen LogP contribution >= 0.6 is 0 Å². The lowest BCUT2D eigenvalue weighted by Gasteiger charge is -2.43. The molecule has 0 aliphatic carbocycles. The molecule has 48 heavy (non-hydrogen) atoms. The molecule has 250 valence electrons. The number of nitrogens with zero attached hydrogens (tertiary/aromatic N) is 7. The van der Waals surface area contributed by atoms with Crippen molar-refractivity contribution in [3.8, 4) is 23.2 Å². The van der Waals surface area contributed by atoms with Gasteiger partial charge in [-0.2, -0.15) is 10.2 Å². The Kier molecular flexibility index (Phi) is 8.92. The van der Waals surface area contributed by atoms with Crippen molar-refractivity contribution in [3.63, 3.8) is 0 Å². The number of halogens is 1. The standard InChI is InChI=1S/C33H36FN9O5/c1-20-29(39-33(45)47-20)31(44)43-9-8-28(26(34)16-43)48-27-7-2-21(14-22(27)15-35)30-36-19-37-32(40-30)38-23-3-5-24(6-4-23)41-10-12-42(13-11-41)25-17-46-18-25/h2-7,14,19-20,25-26,28-29H,8-13,16-18H2,1H3,(H,39,45)(H,36,37,38,40)/t20?,26-,28+,29?/m1/s1. The molecule has 5 heterocycles. The number of aromatic nitrogens is 3. The van der Waals surface area contributed by atoms with Crippen molar-refractivity contribution in [2.75, 3.05) is 62.7 Å². The first kappa shape index (κ1) is 31.5. The van der Waals surface area contributed by atoms with E-state index in [2.05, 4.69) is 53.6 Å². The number of alkyl carbamates (subject to hydrolysis) is 1. The molecule has 15 heteroatoms. The third kappa shape index (κ3) is 6.67. The van der Waals surface area contributed by atoms with E-state index in [1.54, 1.807) is 25.1 Å². The maximum absolute atomic E-state index is 15.2. The number of amides is 2. The fourth-order valence-corrected chi connectivity index (χ4v) is 6.37. The van der Waals surface area contributed by atoms with Gasteiger partial charge in [0.1, 0.15) is 36.4 Å². The van der Waals surface area contributed by atoms with Gasteiger partial charge in [0.05, 0.1) is 31.4 Å². The number of benzene rings is 2. The Bertz CT molecular complexity index is 1690. The first-order valence-electron chi connectivity index (χ1n) is 16.1. The molecule has 0 bridgehead atoms. The quantitative estimate of drug-likeness (QED) is 0.365. The Labute approximate surface area is 276 Å². The second kappa shape index (κ2) is 13.6. The van der Waals surface area contributed by atoms with Crippen molar-refractivity contribution in [3.05, 3.63) is 54.4 Å². The number of cyclic esters (lactones) is 1. The molecule has 4 atom stereocenters. The average Bonchev–Trinajstić information content (AvgIpc) is 3.42. The first-order chi connectivity index (χ1) is 23.3. The van der Waals surface area contributed by atoms with E-state index >= 15 is 4.39 Å². The Morgan fingerprint density at radius 3 is 2.56 bits per heavy atom. The molecular formula is C33H36FN9O5. The predicted octanol–water partition coefficient (Wildman–Crippen LogP) is 2.49. The van der Waals surface area contributed by atoms with Gasteiger partial charge in [0.25, 0.3) is 0 Å². The van der Waals surface area contributed by atoms with Crippen LogP contribution in [-0.4, -0.2) is 120 Å². The molecule has 2 unspecified atom stereocenters. The molecule has 4 fully saturated rings. The smallest absolute Gasteiger partial charge is 0.408 e. The molecule has 1 aromatic heterocycles. The fourth-order valence-electron chi connectivity index (χ4n) is 6.37. The monoisotopic (exact) mass is 657 g/mol. The van der Waals surface area contributed by atoms with Crippen molar-refractivity contribution in [2.45, 2.75) is 43.8 Å². The van der Waals surface area contributed by atoms with Gasteiger partial charge in [0.2, 0.25) is 11.9 Å². The van der Waals surface area contributed by atoms with Crippen LogP contribution in [0.5, 0.6) is 5.75 Å². The van der Waals surface area contributed by atoms with Crippen LogP contribution in [0.2, 0.25) is 0 Å². The normalized spacial score (nSPS) is 24.6. The fraction of sp³-hybridized carbons (Fsp3) is 0.455. The number of rotatable bonds is 8. The zero-order chi connectivity index (χ0) is 33.2. The number of piperazine rings is 1. The van der Waals surface area contributed by atoms with E-state index < -0.39 is 36.4 Å². The number of alkyl halides is 1. The second-order valence-electron chi connectivity index (χ2n) is 12.3. The van der Waals surface area contributed by atoms with Crippen LogP contribution in [0, 0.1) is 11.3 Å². The molecule has 2 N–H and O–H groups in total. The molecule has 0 saturated carbocycles. The van der Waals surface area contributed by atoms with Crippen LogP contribution in [0.25, 0.3) is 11.4 Å². The van der Waals surface area contributed by atoms with Crippen molar-refractivity contribution in [1.82, 2.24) is 30.1 Å². The van der Waals surface area contributed by atoms with E-state index in [-0.39, 0.29) is 30.8 Å². The highest BCUT2D eigenvalue weighted by Gasteiger charge is 2.42. The van der Waals surface area contributed by atoms with Gasteiger partial charge in [-0.05, 0) is 49.4 Å². The van der Waals surface area contributed by atoms with E-state index in [0.29, 0.717) is 23.4 Å². The molecule has 4 aliphatic heterocycles. The number of ether oxygens (including phenoxy) is 3. The number of piperidine rings is 1. The van der Waals surface area contributed by atoms with Crippen LogP contribution in [0.1, 0.15) is 18.9 Å². The third-order valence-electron chi connectivity index (χ3n) is 9.24. The zero-order valence-electron chi connectivity index (χ0n) is 26.4. The summed E-state index contributed by atoms with van der Waals surface area (Å²) in [6.45, 7) is 7.33. The summed E-state index contributed by atoms with van der Waals surface area (Å²) in [5, 5.41) is 15.6. The summed E-state index contributed by atoms with van der Waals surface area (Å²) < 4.78 is 31.5. The maximum atomic E-state index is 15.2. The lowest BCUT2D eigenvalue weighted by atomic mass is 10.0. The first-order valence-corrected chi connectivity index (χ1v) is 16.1. The molecule has 0 radical (unpaired) electrons. The van der Waals surface area contributed by atoms with Crippen molar-refractivity contribution in [1.29, 1.82) is 5.26 Å². The summed E-state index contributed by atoms with van der Waals surface area (Å²) in [6, 6.07) is 14.9. The van der Waals surface area contributed by atoms with Crippen molar-refractivity contribution < 1.29 is 28.2 Å². The van der Waals surface area contributed by atoms with E-state index in [1.807, 2.05) is 12.1 Å². The third-order valence-corrected chi connectivity index (χ3v) is 9.24. The largest absolute Gasteiger partial charge is 0.486 e. The van der Waals surface area contributed by atoms with Gasteiger partial charge in [0, 0.05) is 56.1 Å². The number of nitriles is 1. The Balaban J connectivity index is 0.956. The number of carbonyl (C=O) groups is 2. The molecule has 2 aromatic carbocycles. The van der Waals surface area contributed by atoms with Gasteiger partial charge in [-0.3, -0.25) is 9.69 Å². The SMILES string of the molecule is CC1OC(=O)NC1C(=O)N1CC[C@H](Oc2ccc(-c3ncnc(Nc4ccc(N5CCN(C6COC6)CC5)cc4)n3)cc2C#N)[C@H](F)C1. The molecule has 3 aromatic rings. The summed E-state index contributed by atoms with van der Waals surface area (Å²) in [5.41, 5.74) is 2.76. The Hall–Kier alpha value is -5.07. The molecule has 14 nitrogen and oxygen atoms in total. The van der Waals surface area contributed by atoms with Gasteiger partial charge in [-0.15, -0.1) is 0 Å². The van der Waals surface area contributed by atoms with Crippen LogP contribution < -0.4 is 20.3 Å². The van der Waals surface area contributed by atoms with E-state index in [0.717, 1.165) is 50.8 Å². The van der Waals surface area contributed by atoms with Crippen LogP contribution in [0.3, 0.4) is 0 Å². The highest BCUT2D eigenvalue weighted by Crippen LogP contribution is 2.29. The number of anilines is 3. The summed E-state index contributed by atoms with van der Waals surface area (Å²) >= 11 is 0. The molecule has 4 aliphatic rings. The number of carbonyl (C=O) groups excluding carboxylic acids is 2. The minimum Gasteiger partial charge on any atom is -0.486 e. The number of nitrogens with one attached hydrogen (secondary N) is 2. The summed E-state index contributed by atoms with van der Waals surface area (Å²) in [7, 11) is 0. The van der Waals surface area contributed by atoms with Gasteiger partial charge in [-0.25, -0.2) is 19.2 Å². The summed E-state index contributed by atoms with van der Waals surface area (Å²) in [6.07, 6.45) is -2.04. The number of likely N-dealkylation sites (tertiary alicyclic amines) is 1. The second-order valence-corrected chi connectivity index (χ2v) is 12.3. The minimum atomic E-state index is -1.49. The average molecular weight is 658 g/mol. The van der Waals surface area contributed by atoms with Crippen molar-refractivity contribution >= 4 is 29.3 Å². The maximum Gasteiger partial charge on any atom is 0.408 e. The summed E-state index contributed by atoms with van der Waals surface area (Å²) in [5.74, 6) is 0.533. The van der Waals surface area contributed by atoms with Crippen LogP contribution in [0.4, 0.5) is 26.5 Å². The molecule has 2 amide bonds. The zero-order valence-corrected chi connectivity index (χ0v) is 26.4. The lowest BCUT2D eigenvalue weighted by molar-refractivity contribution is -0.138. The lowest BCUT2D eigenvalue weighted by Crippen LogP contribution is -2.56. The van der Waals surface area contributed by atoms with E-state index in [1.165, 1.54) is 11.2 Å². The Morgan fingerprint density at radius 2 is 1.90 bits per heavy atom. The van der Waals surface area contributed by atoms with Crippen molar-refractivity contribution in [2.24, 2.45) is 0 Å². The van der Waals surface area contributed by atoms with Crippen LogP contribution in [-0.2, 0) is 14.3 Å². The van der Waals surface area contributed by atoms with Gasteiger partial charge < -0.3 is 34.6 Å². The van der Waals surface area contributed by atoms with E-state index in [4.69, 9.17) is 14.2 Å².